The van der Waals surface area contributed by atoms with Gasteiger partial charge in [-0.2, -0.15) is 5.43 Å². The molecule has 0 aliphatic carbocycles. The molecule has 0 saturated carbocycles. The second-order valence-electron chi connectivity index (χ2n) is 1.52. The van der Waals surface area contributed by atoms with Crippen LogP contribution in [0.5, 0.6) is 0 Å². The van der Waals surface area contributed by atoms with Crippen LogP contribution in [0.25, 0.3) is 0 Å². The molecule has 7 heavy (non-hydrogen) atoms. The quantitative estimate of drug-likeness (QED) is 0.363. The highest BCUT2D eigenvalue weighted by molar-refractivity contribution is 5.80. The number of hydrogen-bond donors (Lipinski definition) is 2. The molecule has 1 aliphatic heterocycles. The summed E-state index contributed by atoms with van der Waals surface area (Å²) in [5.74, 6) is 0.0532. The molecule has 0 unspecified atom stereocenters. The number of quaternary nitrogens is 1. The SMILES string of the molecule is CC1=CC(=O)[NH2+]N1. The number of hydrogen-bond acceptors (Lipinski definition) is 2. The fourth-order valence-corrected chi connectivity index (χ4v) is 0.482. The summed E-state index contributed by atoms with van der Waals surface area (Å²) in [6.45, 7) is 1.85. The van der Waals surface area contributed by atoms with Crippen molar-refractivity contribution in [3.8, 4) is 0 Å². The normalized spacial score (nSPS) is 19.0. The molecule has 1 aliphatic rings. The number of primary amides is 1. The Bertz CT molecular complexity index is 128. The monoisotopic (exact) mass is 99.1 g/mol. The van der Waals surface area contributed by atoms with Crippen LogP contribution in [0.4, 0.5) is 0 Å². The number of amides is 1. The molecule has 0 bridgehead atoms. The summed E-state index contributed by atoms with van der Waals surface area (Å²) in [7, 11) is 0. The Labute approximate surface area is 41.4 Å². The van der Waals surface area contributed by atoms with Crippen molar-refractivity contribution < 1.29 is 10.2 Å². The smallest absolute Gasteiger partial charge is 0.236 e. The first-order valence-corrected chi connectivity index (χ1v) is 2.11. The van der Waals surface area contributed by atoms with Gasteiger partial charge in [-0.25, -0.2) is 10.2 Å². The molecule has 3 nitrogen and oxygen atoms in total. The highest BCUT2D eigenvalue weighted by Gasteiger charge is 2.08. The fourth-order valence-electron chi connectivity index (χ4n) is 0.482. The van der Waals surface area contributed by atoms with E-state index in [1.165, 1.54) is 5.43 Å². The van der Waals surface area contributed by atoms with Gasteiger partial charge in [0.2, 0.25) is 0 Å². The van der Waals surface area contributed by atoms with Gasteiger partial charge in [-0.1, -0.05) is 0 Å². The lowest BCUT2D eigenvalue weighted by atomic mass is 10.5. The van der Waals surface area contributed by atoms with Crippen molar-refractivity contribution in [1.29, 1.82) is 0 Å². The lowest BCUT2D eigenvalue weighted by Crippen LogP contribution is -2.92. The van der Waals surface area contributed by atoms with Gasteiger partial charge in [0, 0.05) is 0 Å². The van der Waals surface area contributed by atoms with Crippen molar-refractivity contribution in [3.63, 3.8) is 0 Å². The Morgan fingerprint density at radius 3 is 2.71 bits per heavy atom. The Balaban J connectivity index is 2.67. The largest absolute Gasteiger partial charge is 0.361 e. The van der Waals surface area contributed by atoms with E-state index in [1.54, 1.807) is 6.08 Å². The summed E-state index contributed by atoms with van der Waals surface area (Å²) in [5.41, 5.74) is 5.12. The second-order valence-corrected chi connectivity index (χ2v) is 1.52. The minimum Gasteiger partial charge on any atom is -0.236 e. The van der Waals surface area contributed by atoms with Gasteiger partial charge in [0.1, 0.15) is 0 Å². The van der Waals surface area contributed by atoms with Gasteiger partial charge in [0.25, 0.3) is 0 Å². The number of carbonyl (C=O) groups excluding carboxylic acids is 1. The zero-order valence-electron chi connectivity index (χ0n) is 4.06. The maximum absolute atomic E-state index is 10.3. The lowest BCUT2D eigenvalue weighted by molar-refractivity contribution is -0.610. The van der Waals surface area contributed by atoms with Crippen molar-refractivity contribution in [1.82, 2.24) is 5.43 Å². The molecule has 0 aromatic heterocycles. The van der Waals surface area contributed by atoms with Crippen molar-refractivity contribution in [3.05, 3.63) is 11.8 Å². The molecule has 0 aromatic rings. The summed E-state index contributed by atoms with van der Waals surface area (Å²) in [4.78, 5) is 10.3. The molecule has 0 atom stereocenters. The van der Waals surface area contributed by atoms with Crippen LogP contribution in [-0.4, -0.2) is 5.91 Å². The summed E-state index contributed by atoms with van der Waals surface area (Å²) in [6, 6.07) is 0. The summed E-state index contributed by atoms with van der Waals surface area (Å²) < 4.78 is 0. The van der Waals surface area contributed by atoms with Gasteiger partial charge in [0.05, 0.1) is 11.8 Å². The molecular weight excluding hydrogens is 92.1 g/mol. The fraction of sp³-hybridized carbons (Fsp3) is 0.250. The first kappa shape index (κ1) is 4.33. The third-order valence-electron chi connectivity index (χ3n) is 0.801. The molecule has 0 spiro atoms. The van der Waals surface area contributed by atoms with Crippen LogP contribution in [0.15, 0.2) is 11.8 Å². The minimum absolute atomic E-state index is 0.0532. The highest BCUT2D eigenvalue weighted by atomic mass is 16.2. The molecule has 0 aromatic carbocycles. The van der Waals surface area contributed by atoms with Crippen LogP contribution in [0.3, 0.4) is 0 Å². The van der Waals surface area contributed by atoms with E-state index in [0.717, 1.165) is 5.70 Å². The molecule has 0 radical (unpaired) electrons. The molecule has 3 N–H and O–H groups in total. The van der Waals surface area contributed by atoms with Gasteiger partial charge in [-0.05, 0) is 6.92 Å². The van der Waals surface area contributed by atoms with Crippen molar-refractivity contribution in [2.45, 2.75) is 6.92 Å². The average molecular weight is 99.1 g/mol. The highest BCUT2D eigenvalue weighted by Crippen LogP contribution is 1.82. The predicted octanol–water partition coefficient (Wildman–Crippen LogP) is -1.50. The zero-order chi connectivity index (χ0) is 5.28. The summed E-state index contributed by atoms with van der Waals surface area (Å²) in [5, 5.41) is 0. The van der Waals surface area contributed by atoms with Gasteiger partial charge in [0.15, 0.2) is 0 Å². The molecule has 0 saturated heterocycles. The van der Waals surface area contributed by atoms with Crippen LogP contribution >= 0.6 is 0 Å². The number of rotatable bonds is 0. The summed E-state index contributed by atoms with van der Waals surface area (Å²) >= 11 is 0. The Morgan fingerprint density at radius 2 is 2.57 bits per heavy atom. The number of nitrogens with one attached hydrogen (secondary N) is 1. The third-order valence-corrected chi connectivity index (χ3v) is 0.801. The standard InChI is InChI=1S/C4H6N2O/c1-3-2-4(7)6-5-3/h2H,1H3,(H2,5,6,7)/p+1. The second kappa shape index (κ2) is 1.35. The molecule has 1 heterocycles. The van der Waals surface area contributed by atoms with Gasteiger partial charge in [-0.15, -0.1) is 0 Å². The van der Waals surface area contributed by atoms with E-state index in [-0.39, 0.29) is 5.91 Å². The lowest BCUT2D eigenvalue weighted by Gasteiger charge is -1.85. The zero-order valence-corrected chi connectivity index (χ0v) is 4.06. The topological polar surface area (TPSA) is 45.7 Å². The van der Waals surface area contributed by atoms with Crippen molar-refractivity contribution in [2.75, 3.05) is 0 Å². The Hall–Kier alpha value is -0.830. The van der Waals surface area contributed by atoms with E-state index in [4.69, 9.17) is 0 Å². The van der Waals surface area contributed by atoms with Crippen LogP contribution in [0, 0.1) is 0 Å². The molecule has 0 fully saturated rings. The van der Waals surface area contributed by atoms with Gasteiger partial charge in [-0.3, -0.25) is 0 Å². The number of nitrogens with two attached hydrogens (primary N) is 1. The Kier molecular flexibility index (Phi) is 0.834. The number of carbonyl (C=O) groups is 1. The van der Waals surface area contributed by atoms with E-state index in [1.807, 2.05) is 6.92 Å². The average Bonchev–Trinajstić information content (AvgIpc) is 1.87. The molecule has 1 rings (SSSR count). The molecule has 3 heteroatoms. The van der Waals surface area contributed by atoms with E-state index in [2.05, 4.69) is 5.43 Å². The first-order chi connectivity index (χ1) is 3.29. The summed E-state index contributed by atoms with van der Waals surface area (Å²) in [6.07, 6.45) is 1.56. The Morgan fingerprint density at radius 1 is 1.86 bits per heavy atom. The van der Waals surface area contributed by atoms with Crippen LogP contribution < -0.4 is 10.9 Å². The van der Waals surface area contributed by atoms with E-state index in [9.17, 15) is 4.79 Å². The maximum atomic E-state index is 10.3. The third kappa shape index (κ3) is 0.778. The van der Waals surface area contributed by atoms with Crippen molar-refractivity contribution >= 4 is 5.91 Å². The van der Waals surface area contributed by atoms with Crippen LogP contribution in [0.2, 0.25) is 0 Å². The van der Waals surface area contributed by atoms with Crippen LogP contribution in [-0.2, 0) is 4.79 Å². The molecule has 1 amide bonds. The van der Waals surface area contributed by atoms with E-state index >= 15 is 0 Å². The van der Waals surface area contributed by atoms with E-state index < -0.39 is 0 Å². The maximum Gasteiger partial charge on any atom is 0.361 e. The molecule has 38 valence electrons. The van der Waals surface area contributed by atoms with Gasteiger partial charge < -0.3 is 0 Å². The van der Waals surface area contributed by atoms with E-state index in [0.29, 0.717) is 0 Å². The predicted molar refractivity (Wildman–Crippen MR) is 23.8 cm³/mol. The first-order valence-electron chi connectivity index (χ1n) is 2.11. The minimum atomic E-state index is 0.0532. The van der Waals surface area contributed by atoms with Crippen molar-refractivity contribution in [2.24, 2.45) is 0 Å². The molecular formula is C4H7N2O+. The van der Waals surface area contributed by atoms with Gasteiger partial charge >= 0.3 is 5.91 Å². The number of allylic oxidation sites excluding steroid dienone is 1. The van der Waals surface area contributed by atoms with Crippen LogP contribution in [0.1, 0.15) is 6.92 Å².